The molecule has 1 aromatic carbocycles. The van der Waals surface area contributed by atoms with Crippen molar-refractivity contribution >= 4 is 39.5 Å². The maximum Gasteiger partial charge on any atom is 0.323 e. The molecule has 0 heterocycles. The lowest BCUT2D eigenvalue weighted by Gasteiger charge is -2.25. The van der Waals surface area contributed by atoms with Gasteiger partial charge in [0.1, 0.15) is 0 Å². The van der Waals surface area contributed by atoms with E-state index in [2.05, 4.69) is 15.9 Å². The summed E-state index contributed by atoms with van der Waals surface area (Å²) < 4.78 is 10.8. The molecule has 4 nitrogen and oxygen atoms in total. The Morgan fingerprint density at radius 1 is 1.19 bits per heavy atom. The molecule has 0 aromatic heterocycles. The number of carbonyl (C=O) groups excluding carboxylic acids is 2. The Hall–Kier alpha value is -1.07. The largest absolute Gasteiger partial charge is 0.465 e. The molecular formula is C15H18BrClO4. The van der Waals surface area contributed by atoms with Gasteiger partial charge in [0.05, 0.1) is 13.2 Å². The van der Waals surface area contributed by atoms with Gasteiger partial charge in [-0.15, -0.1) is 0 Å². The summed E-state index contributed by atoms with van der Waals surface area (Å²) in [5.41, 5.74) is -0.662. The minimum atomic E-state index is -1.40. The van der Waals surface area contributed by atoms with Crippen molar-refractivity contribution in [1.82, 2.24) is 0 Å². The molecule has 1 aromatic rings. The summed E-state index contributed by atoms with van der Waals surface area (Å²) in [6.07, 6.45) is 0.145. The van der Waals surface area contributed by atoms with Crippen molar-refractivity contribution in [3.63, 3.8) is 0 Å². The molecule has 21 heavy (non-hydrogen) atoms. The van der Waals surface area contributed by atoms with Crippen molar-refractivity contribution in [2.24, 2.45) is 5.41 Å². The molecule has 6 heteroatoms. The van der Waals surface area contributed by atoms with E-state index in [0.29, 0.717) is 5.02 Å². The highest BCUT2D eigenvalue weighted by molar-refractivity contribution is 9.10. The van der Waals surface area contributed by atoms with Crippen LogP contribution in [-0.4, -0.2) is 25.2 Å². The number of carbonyl (C=O) groups is 2. The van der Waals surface area contributed by atoms with Crippen LogP contribution in [0.4, 0.5) is 0 Å². The fourth-order valence-corrected chi connectivity index (χ4v) is 2.45. The van der Waals surface area contributed by atoms with Crippen molar-refractivity contribution in [3.8, 4) is 0 Å². The molecule has 0 saturated carbocycles. The summed E-state index contributed by atoms with van der Waals surface area (Å²) >= 11 is 9.37. The highest BCUT2D eigenvalue weighted by Crippen LogP contribution is 2.31. The van der Waals surface area contributed by atoms with Crippen LogP contribution in [0.2, 0.25) is 5.02 Å². The van der Waals surface area contributed by atoms with Crippen LogP contribution in [0.5, 0.6) is 0 Å². The molecular weight excluding hydrogens is 360 g/mol. The zero-order valence-corrected chi connectivity index (χ0v) is 14.6. The van der Waals surface area contributed by atoms with Crippen molar-refractivity contribution in [2.45, 2.75) is 27.2 Å². The van der Waals surface area contributed by atoms with E-state index in [4.69, 9.17) is 21.1 Å². The van der Waals surface area contributed by atoms with Gasteiger partial charge >= 0.3 is 11.9 Å². The van der Waals surface area contributed by atoms with Crippen molar-refractivity contribution < 1.29 is 19.1 Å². The third-order valence-electron chi connectivity index (χ3n) is 3.00. The maximum absolute atomic E-state index is 12.2. The molecule has 0 fully saturated rings. The van der Waals surface area contributed by atoms with Crippen LogP contribution in [-0.2, 0) is 25.5 Å². The summed E-state index contributed by atoms with van der Waals surface area (Å²) in [6.45, 7) is 5.31. The van der Waals surface area contributed by atoms with Crippen LogP contribution >= 0.6 is 27.5 Å². The minimum absolute atomic E-state index is 0.145. The van der Waals surface area contributed by atoms with E-state index >= 15 is 0 Å². The van der Waals surface area contributed by atoms with Gasteiger partial charge in [0, 0.05) is 15.9 Å². The molecule has 0 radical (unpaired) electrons. The summed E-state index contributed by atoms with van der Waals surface area (Å²) in [5, 5.41) is 0.531. The van der Waals surface area contributed by atoms with Crippen molar-refractivity contribution in [2.75, 3.05) is 13.2 Å². The minimum Gasteiger partial charge on any atom is -0.465 e. The number of halogens is 2. The van der Waals surface area contributed by atoms with Gasteiger partial charge in [0.2, 0.25) is 0 Å². The molecule has 0 N–H and O–H groups in total. The third-order valence-corrected chi connectivity index (χ3v) is 4.01. The SMILES string of the molecule is CCOC(=O)C(C)(Cc1cc(Cl)ccc1Br)C(=O)OCC. The zero-order valence-electron chi connectivity index (χ0n) is 12.2. The van der Waals surface area contributed by atoms with Crippen LogP contribution in [0.15, 0.2) is 22.7 Å². The highest BCUT2D eigenvalue weighted by atomic mass is 79.9. The second-order valence-corrected chi connectivity index (χ2v) is 5.98. The second kappa shape index (κ2) is 7.80. The first-order valence-electron chi connectivity index (χ1n) is 6.63. The van der Waals surface area contributed by atoms with Crippen LogP contribution in [0.3, 0.4) is 0 Å². The molecule has 0 aliphatic carbocycles. The van der Waals surface area contributed by atoms with Gasteiger partial charge in [-0.2, -0.15) is 0 Å². The Bertz CT molecular complexity index is 512. The van der Waals surface area contributed by atoms with Gasteiger partial charge in [-0.05, 0) is 44.5 Å². The quantitative estimate of drug-likeness (QED) is 0.559. The summed E-state index contributed by atoms with van der Waals surface area (Å²) in [7, 11) is 0. The van der Waals surface area contributed by atoms with E-state index in [1.807, 2.05) is 0 Å². The van der Waals surface area contributed by atoms with Gasteiger partial charge in [0.25, 0.3) is 0 Å². The van der Waals surface area contributed by atoms with Crippen molar-refractivity contribution in [1.29, 1.82) is 0 Å². The van der Waals surface area contributed by atoms with Gasteiger partial charge in [-0.3, -0.25) is 9.59 Å². The molecule has 0 spiro atoms. The summed E-state index contributed by atoms with van der Waals surface area (Å²) in [5.74, 6) is -1.20. The van der Waals surface area contributed by atoms with Gasteiger partial charge in [0.15, 0.2) is 5.41 Å². The van der Waals surface area contributed by atoms with E-state index in [0.717, 1.165) is 10.0 Å². The topological polar surface area (TPSA) is 52.6 Å². The molecule has 116 valence electrons. The average molecular weight is 378 g/mol. The Labute approximate surface area is 137 Å². The van der Waals surface area contributed by atoms with Crippen LogP contribution in [0.1, 0.15) is 26.3 Å². The van der Waals surface area contributed by atoms with Crippen LogP contribution in [0, 0.1) is 5.41 Å². The predicted octanol–water partition coefficient (Wildman–Crippen LogP) is 3.78. The van der Waals surface area contributed by atoms with Gasteiger partial charge in [-0.25, -0.2) is 0 Å². The number of rotatable bonds is 6. The van der Waals surface area contributed by atoms with E-state index in [9.17, 15) is 9.59 Å². The first-order chi connectivity index (χ1) is 9.85. The van der Waals surface area contributed by atoms with Crippen molar-refractivity contribution in [3.05, 3.63) is 33.3 Å². The normalized spacial score (nSPS) is 11.1. The molecule has 0 bridgehead atoms. The number of hydrogen-bond donors (Lipinski definition) is 0. The molecule has 0 amide bonds. The van der Waals surface area contributed by atoms with E-state index in [1.54, 1.807) is 32.0 Å². The monoisotopic (exact) mass is 376 g/mol. The first-order valence-corrected chi connectivity index (χ1v) is 7.80. The Morgan fingerprint density at radius 2 is 1.71 bits per heavy atom. The Balaban J connectivity index is 3.15. The molecule has 0 unspecified atom stereocenters. The highest BCUT2D eigenvalue weighted by Gasteiger charge is 2.44. The maximum atomic E-state index is 12.2. The Morgan fingerprint density at radius 3 is 2.19 bits per heavy atom. The van der Waals surface area contributed by atoms with Gasteiger partial charge in [-0.1, -0.05) is 27.5 Å². The fourth-order valence-electron chi connectivity index (χ4n) is 1.87. The van der Waals surface area contributed by atoms with Crippen LogP contribution in [0.25, 0.3) is 0 Å². The fraction of sp³-hybridized carbons (Fsp3) is 0.467. The van der Waals surface area contributed by atoms with Gasteiger partial charge < -0.3 is 9.47 Å². The molecule has 0 aliphatic heterocycles. The number of ether oxygens (including phenoxy) is 2. The molecule has 0 saturated heterocycles. The average Bonchev–Trinajstić information content (AvgIpc) is 2.43. The first kappa shape index (κ1) is 18.0. The smallest absolute Gasteiger partial charge is 0.323 e. The van der Waals surface area contributed by atoms with Crippen LogP contribution < -0.4 is 0 Å². The van der Waals surface area contributed by atoms with E-state index < -0.39 is 17.4 Å². The zero-order chi connectivity index (χ0) is 16.0. The number of esters is 2. The third kappa shape index (κ3) is 4.45. The molecule has 1 rings (SSSR count). The number of hydrogen-bond acceptors (Lipinski definition) is 4. The Kier molecular flexibility index (Phi) is 6.68. The number of benzene rings is 1. The lowest BCUT2D eigenvalue weighted by Crippen LogP contribution is -2.41. The second-order valence-electron chi connectivity index (χ2n) is 4.69. The summed E-state index contributed by atoms with van der Waals surface area (Å²) in [4.78, 5) is 24.4. The predicted molar refractivity (Wildman–Crippen MR) is 84.2 cm³/mol. The lowest BCUT2D eigenvalue weighted by atomic mass is 9.83. The molecule has 0 aliphatic rings. The van der Waals surface area contributed by atoms with E-state index in [1.165, 1.54) is 6.92 Å². The van der Waals surface area contributed by atoms with E-state index in [-0.39, 0.29) is 19.6 Å². The standard InChI is InChI=1S/C15H18BrClO4/c1-4-20-13(18)15(3,14(19)21-5-2)9-10-8-11(17)6-7-12(10)16/h6-8H,4-5,9H2,1-3H3. The molecule has 0 atom stereocenters. The summed E-state index contributed by atoms with van der Waals surface area (Å²) in [6, 6.07) is 5.21. The lowest BCUT2D eigenvalue weighted by molar-refractivity contribution is -0.170.